The SMILES string of the molecule is COc1ccc(CC(N)c2ccccc2C)cc1F. The van der Waals surface area contributed by atoms with Crippen molar-refractivity contribution in [3.8, 4) is 5.75 Å². The number of hydrogen-bond donors (Lipinski definition) is 1. The zero-order valence-corrected chi connectivity index (χ0v) is 11.2. The number of ether oxygens (including phenoxy) is 1. The Bertz CT molecular complexity index is 568. The molecule has 0 radical (unpaired) electrons. The van der Waals surface area contributed by atoms with Crippen molar-refractivity contribution in [2.45, 2.75) is 19.4 Å². The molecule has 0 aliphatic rings. The average Bonchev–Trinajstić information content (AvgIpc) is 2.39. The van der Waals surface area contributed by atoms with Crippen LogP contribution in [0.25, 0.3) is 0 Å². The molecule has 2 N–H and O–H groups in total. The van der Waals surface area contributed by atoms with Crippen LogP contribution in [0.2, 0.25) is 0 Å². The molecular formula is C16H18FNO. The van der Waals surface area contributed by atoms with Gasteiger partial charge in [0.2, 0.25) is 0 Å². The van der Waals surface area contributed by atoms with Gasteiger partial charge in [0.05, 0.1) is 7.11 Å². The molecule has 19 heavy (non-hydrogen) atoms. The van der Waals surface area contributed by atoms with Crippen molar-refractivity contribution in [2.24, 2.45) is 5.73 Å². The van der Waals surface area contributed by atoms with Gasteiger partial charge in [0, 0.05) is 6.04 Å². The van der Waals surface area contributed by atoms with E-state index >= 15 is 0 Å². The van der Waals surface area contributed by atoms with Crippen LogP contribution in [0.4, 0.5) is 4.39 Å². The summed E-state index contributed by atoms with van der Waals surface area (Å²) in [5, 5.41) is 0. The highest BCUT2D eigenvalue weighted by molar-refractivity contribution is 5.33. The summed E-state index contributed by atoms with van der Waals surface area (Å²) in [6.07, 6.45) is 0.603. The van der Waals surface area contributed by atoms with E-state index < -0.39 is 0 Å². The summed E-state index contributed by atoms with van der Waals surface area (Å²) < 4.78 is 18.5. The molecule has 0 spiro atoms. The topological polar surface area (TPSA) is 35.2 Å². The molecule has 0 aromatic heterocycles. The van der Waals surface area contributed by atoms with Crippen LogP contribution in [0.5, 0.6) is 5.75 Å². The lowest BCUT2D eigenvalue weighted by atomic mass is 9.96. The smallest absolute Gasteiger partial charge is 0.165 e. The summed E-state index contributed by atoms with van der Waals surface area (Å²) in [5.74, 6) is -0.0924. The summed E-state index contributed by atoms with van der Waals surface area (Å²) in [7, 11) is 1.46. The van der Waals surface area contributed by atoms with Crippen molar-refractivity contribution >= 4 is 0 Å². The first-order valence-electron chi connectivity index (χ1n) is 6.25. The van der Waals surface area contributed by atoms with E-state index in [2.05, 4.69) is 0 Å². The molecule has 2 rings (SSSR count). The molecule has 0 aliphatic heterocycles. The molecule has 0 saturated heterocycles. The van der Waals surface area contributed by atoms with Gasteiger partial charge in [-0.15, -0.1) is 0 Å². The van der Waals surface area contributed by atoms with E-state index in [-0.39, 0.29) is 17.6 Å². The Morgan fingerprint density at radius 1 is 1.21 bits per heavy atom. The third-order valence-electron chi connectivity index (χ3n) is 3.26. The Hall–Kier alpha value is -1.87. The van der Waals surface area contributed by atoms with Crippen LogP contribution in [0, 0.1) is 12.7 Å². The Morgan fingerprint density at radius 2 is 1.95 bits per heavy atom. The molecule has 2 aromatic rings. The zero-order chi connectivity index (χ0) is 13.8. The second-order valence-electron chi connectivity index (χ2n) is 4.64. The molecule has 100 valence electrons. The van der Waals surface area contributed by atoms with Gasteiger partial charge in [-0.2, -0.15) is 0 Å². The second kappa shape index (κ2) is 5.85. The van der Waals surface area contributed by atoms with Crippen LogP contribution < -0.4 is 10.5 Å². The van der Waals surface area contributed by atoms with Crippen molar-refractivity contribution in [1.29, 1.82) is 0 Å². The quantitative estimate of drug-likeness (QED) is 0.913. The van der Waals surface area contributed by atoms with Crippen LogP contribution in [0.1, 0.15) is 22.7 Å². The molecule has 2 nitrogen and oxygen atoms in total. The minimum Gasteiger partial charge on any atom is -0.494 e. The third kappa shape index (κ3) is 3.12. The number of benzene rings is 2. The lowest BCUT2D eigenvalue weighted by Crippen LogP contribution is -2.14. The first-order chi connectivity index (χ1) is 9.11. The zero-order valence-electron chi connectivity index (χ0n) is 11.2. The van der Waals surface area contributed by atoms with Crippen molar-refractivity contribution in [3.63, 3.8) is 0 Å². The lowest BCUT2D eigenvalue weighted by Gasteiger charge is -2.15. The fraction of sp³-hybridized carbons (Fsp3) is 0.250. The molecule has 0 aliphatic carbocycles. The van der Waals surface area contributed by atoms with Crippen LogP contribution in [-0.2, 0) is 6.42 Å². The maximum atomic E-state index is 13.6. The normalized spacial score (nSPS) is 12.2. The highest BCUT2D eigenvalue weighted by Crippen LogP contribution is 2.23. The first kappa shape index (κ1) is 13.6. The second-order valence-corrected chi connectivity index (χ2v) is 4.64. The number of hydrogen-bond acceptors (Lipinski definition) is 2. The van der Waals surface area contributed by atoms with Crippen molar-refractivity contribution in [3.05, 3.63) is 65.0 Å². The van der Waals surface area contributed by atoms with E-state index in [1.807, 2.05) is 37.3 Å². The van der Waals surface area contributed by atoms with Crippen LogP contribution in [-0.4, -0.2) is 7.11 Å². The molecule has 2 aromatic carbocycles. The van der Waals surface area contributed by atoms with Crippen molar-refractivity contribution in [1.82, 2.24) is 0 Å². The van der Waals surface area contributed by atoms with Gasteiger partial charge in [-0.1, -0.05) is 30.3 Å². The first-order valence-corrected chi connectivity index (χ1v) is 6.25. The predicted molar refractivity (Wildman–Crippen MR) is 74.8 cm³/mol. The van der Waals surface area contributed by atoms with Crippen LogP contribution >= 0.6 is 0 Å². The molecule has 1 atom stereocenters. The minimum absolute atomic E-state index is 0.131. The molecule has 0 amide bonds. The van der Waals surface area contributed by atoms with Gasteiger partial charge >= 0.3 is 0 Å². The predicted octanol–water partition coefficient (Wildman–Crippen LogP) is 3.39. The van der Waals surface area contributed by atoms with E-state index in [0.717, 1.165) is 16.7 Å². The van der Waals surface area contributed by atoms with Gasteiger partial charge in [-0.3, -0.25) is 0 Å². The number of methoxy groups -OCH3 is 1. The maximum Gasteiger partial charge on any atom is 0.165 e. The van der Waals surface area contributed by atoms with Gasteiger partial charge < -0.3 is 10.5 Å². The van der Waals surface area contributed by atoms with E-state index in [1.165, 1.54) is 13.2 Å². The third-order valence-corrected chi connectivity index (χ3v) is 3.26. The van der Waals surface area contributed by atoms with Gasteiger partial charge in [0.25, 0.3) is 0 Å². The molecule has 0 heterocycles. The standard InChI is InChI=1S/C16H18FNO/c1-11-5-3-4-6-13(11)15(18)10-12-7-8-16(19-2)14(17)9-12/h3-9,15H,10,18H2,1-2H3. The molecule has 0 fully saturated rings. The fourth-order valence-corrected chi connectivity index (χ4v) is 2.20. The monoisotopic (exact) mass is 259 g/mol. The summed E-state index contributed by atoms with van der Waals surface area (Å²) in [4.78, 5) is 0. The number of nitrogens with two attached hydrogens (primary N) is 1. The molecular weight excluding hydrogens is 241 g/mol. The van der Waals surface area contributed by atoms with E-state index in [0.29, 0.717) is 6.42 Å². The van der Waals surface area contributed by atoms with Crippen LogP contribution in [0.3, 0.4) is 0 Å². The molecule has 0 saturated carbocycles. The number of aryl methyl sites for hydroxylation is 1. The summed E-state index contributed by atoms with van der Waals surface area (Å²) >= 11 is 0. The van der Waals surface area contributed by atoms with Gasteiger partial charge in [0.1, 0.15) is 0 Å². The van der Waals surface area contributed by atoms with Crippen molar-refractivity contribution in [2.75, 3.05) is 7.11 Å². The largest absolute Gasteiger partial charge is 0.494 e. The Balaban J connectivity index is 2.17. The number of halogens is 1. The molecule has 0 bridgehead atoms. The summed E-state index contributed by atoms with van der Waals surface area (Å²) in [5.41, 5.74) is 9.32. The van der Waals surface area contributed by atoms with Gasteiger partial charge in [-0.25, -0.2) is 4.39 Å². The lowest BCUT2D eigenvalue weighted by molar-refractivity contribution is 0.386. The van der Waals surface area contributed by atoms with Crippen LogP contribution in [0.15, 0.2) is 42.5 Å². The highest BCUT2D eigenvalue weighted by atomic mass is 19.1. The van der Waals surface area contributed by atoms with E-state index in [9.17, 15) is 4.39 Å². The van der Waals surface area contributed by atoms with Gasteiger partial charge in [-0.05, 0) is 42.2 Å². The Labute approximate surface area is 113 Å². The van der Waals surface area contributed by atoms with E-state index in [1.54, 1.807) is 6.07 Å². The molecule has 1 unspecified atom stereocenters. The number of rotatable bonds is 4. The summed E-state index contributed by atoms with van der Waals surface area (Å²) in [6.45, 7) is 2.03. The van der Waals surface area contributed by atoms with Gasteiger partial charge in [0.15, 0.2) is 11.6 Å². The average molecular weight is 259 g/mol. The van der Waals surface area contributed by atoms with E-state index in [4.69, 9.17) is 10.5 Å². The highest BCUT2D eigenvalue weighted by Gasteiger charge is 2.11. The fourth-order valence-electron chi connectivity index (χ4n) is 2.20. The Morgan fingerprint density at radius 3 is 2.58 bits per heavy atom. The minimum atomic E-state index is -0.350. The maximum absolute atomic E-state index is 13.6. The summed E-state index contributed by atoms with van der Waals surface area (Å²) in [6, 6.07) is 12.8. The van der Waals surface area contributed by atoms with Crippen molar-refractivity contribution < 1.29 is 9.13 Å². The Kier molecular flexibility index (Phi) is 4.17. The molecule has 3 heteroatoms.